The molecule has 2 N–H and O–H groups in total. The molecule has 0 bridgehead atoms. The maximum absolute atomic E-state index is 10.9. The first-order valence-corrected chi connectivity index (χ1v) is 5.14. The first-order valence-electron chi connectivity index (χ1n) is 5.14. The van der Waals surface area contributed by atoms with Crippen LogP contribution in [0.2, 0.25) is 0 Å². The summed E-state index contributed by atoms with van der Waals surface area (Å²) in [5.41, 5.74) is 1.45. The third-order valence-corrected chi connectivity index (χ3v) is 2.40. The van der Waals surface area contributed by atoms with Crippen LogP contribution in [0.25, 0.3) is 10.9 Å². The minimum absolute atomic E-state index is 0.0903. The fourth-order valence-corrected chi connectivity index (χ4v) is 1.75. The zero-order chi connectivity index (χ0) is 12.4. The molecule has 5 heteroatoms. The number of aromatic nitrogens is 1. The van der Waals surface area contributed by atoms with Gasteiger partial charge in [-0.1, -0.05) is 6.07 Å². The zero-order valence-corrected chi connectivity index (χ0v) is 9.30. The highest BCUT2D eigenvalue weighted by Gasteiger charge is 2.05. The SMILES string of the molecule is CC(=O)Nc1ccc2ccn(CC(=O)O)c2c1. The Kier molecular flexibility index (Phi) is 2.82. The van der Waals surface area contributed by atoms with Crippen molar-refractivity contribution in [3.63, 3.8) is 0 Å². The van der Waals surface area contributed by atoms with Crippen LogP contribution < -0.4 is 5.32 Å². The van der Waals surface area contributed by atoms with Gasteiger partial charge >= 0.3 is 5.97 Å². The number of rotatable bonds is 3. The number of aliphatic carboxylic acids is 1. The standard InChI is InChI=1S/C12H12N2O3/c1-8(15)13-10-3-2-9-4-5-14(7-12(16)17)11(9)6-10/h2-6H,7H2,1H3,(H,13,15)(H,16,17). The lowest BCUT2D eigenvalue weighted by Gasteiger charge is -2.05. The minimum Gasteiger partial charge on any atom is -0.480 e. The molecule has 2 rings (SSSR count). The molecule has 1 aromatic carbocycles. The van der Waals surface area contributed by atoms with E-state index in [1.165, 1.54) is 6.92 Å². The van der Waals surface area contributed by atoms with Crippen LogP contribution >= 0.6 is 0 Å². The third kappa shape index (κ3) is 2.44. The van der Waals surface area contributed by atoms with E-state index in [1.807, 2.05) is 12.1 Å². The van der Waals surface area contributed by atoms with Crippen molar-refractivity contribution >= 4 is 28.5 Å². The maximum atomic E-state index is 10.9. The molecule has 0 saturated heterocycles. The molecule has 0 aliphatic heterocycles. The molecule has 0 atom stereocenters. The lowest BCUT2D eigenvalue weighted by molar-refractivity contribution is -0.137. The Morgan fingerprint density at radius 1 is 1.35 bits per heavy atom. The average Bonchev–Trinajstić information content (AvgIpc) is 2.59. The van der Waals surface area contributed by atoms with Gasteiger partial charge in [-0.2, -0.15) is 0 Å². The lowest BCUT2D eigenvalue weighted by atomic mass is 10.2. The largest absolute Gasteiger partial charge is 0.480 e. The second kappa shape index (κ2) is 4.29. The van der Waals surface area contributed by atoms with Gasteiger partial charge in [-0.3, -0.25) is 9.59 Å². The number of carboxylic acids is 1. The summed E-state index contributed by atoms with van der Waals surface area (Å²) < 4.78 is 1.63. The van der Waals surface area contributed by atoms with Crippen LogP contribution in [0.15, 0.2) is 30.5 Å². The van der Waals surface area contributed by atoms with Crippen LogP contribution in [-0.4, -0.2) is 21.6 Å². The van der Waals surface area contributed by atoms with Gasteiger partial charge in [0.05, 0.1) is 5.52 Å². The maximum Gasteiger partial charge on any atom is 0.323 e. The average molecular weight is 232 g/mol. The molecular weight excluding hydrogens is 220 g/mol. The molecule has 0 aliphatic carbocycles. The van der Waals surface area contributed by atoms with E-state index in [9.17, 15) is 9.59 Å². The van der Waals surface area contributed by atoms with E-state index in [0.29, 0.717) is 5.69 Å². The Balaban J connectivity index is 2.42. The van der Waals surface area contributed by atoms with Crippen LogP contribution in [-0.2, 0) is 16.1 Å². The molecule has 17 heavy (non-hydrogen) atoms. The van der Waals surface area contributed by atoms with E-state index in [1.54, 1.807) is 22.9 Å². The highest BCUT2D eigenvalue weighted by molar-refractivity contribution is 5.92. The topological polar surface area (TPSA) is 71.3 Å². The van der Waals surface area contributed by atoms with Gasteiger partial charge in [0, 0.05) is 18.8 Å². The normalized spacial score (nSPS) is 10.4. The number of hydrogen-bond donors (Lipinski definition) is 2. The number of hydrogen-bond acceptors (Lipinski definition) is 2. The van der Waals surface area contributed by atoms with Crippen LogP contribution in [0.5, 0.6) is 0 Å². The first-order chi connectivity index (χ1) is 8.06. The summed E-state index contributed by atoms with van der Waals surface area (Å²) in [7, 11) is 0. The van der Waals surface area contributed by atoms with Crippen molar-refractivity contribution in [2.75, 3.05) is 5.32 Å². The van der Waals surface area contributed by atoms with Crippen molar-refractivity contribution in [2.24, 2.45) is 0 Å². The van der Waals surface area contributed by atoms with Crippen molar-refractivity contribution in [1.29, 1.82) is 0 Å². The number of amides is 1. The predicted molar refractivity (Wildman–Crippen MR) is 63.9 cm³/mol. The van der Waals surface area contributed by atoms with E-state index >= 15 is 0 Å². The Morgan fingerprint density at radius 3 is 2.76 bits per heavy atom. The number of carboxylic acid groups (broad SMARTS) is 1. The molecule has 0 unspecified atom stereocenters. The van der Waals surface area contributed by atoms with Crippen molar-refractivity contribution in [3.8, 4) is 0 Å². The summed E-state index contributed by atoms with van der Waals surface area (Å²) in [6.07, 6.45) is 1.72. The van der Waals surface area contributed by atoms with E-state index in [-0.39, 0.29) is 12.5 Å². The smallest absolute Gasteiger partial charge is 0.323 e. The number of nitrogens with one attached hydrogen (secondary N) is 1. The van der Waals surface area contributed by atoms with E-state index < -0.39 is 5.97 Å². The van der Waals surface area contributed by atoms with E-state index in [4.69, 9.17) is 5.11 Å². The quantitative estimate of drug-likeness (QED) is 0.845. The molecule has 1 aromatic heterocycles. The Labute approximate surface area is 97.7 Å². The third-order valence-electron chi connectivity index (χ3n) is 2.40. The highest BCUT2D eigenvalue weighted by atomic mass is 16.4. The number of anilines is 1. The second-order valence-electron chi connectivity index (χ2n) is 3.79. The number of carbonyl (C=O) groups is 2. The molecule has 0 radical (unpaired) electrons. The van der Waals surface area contributed by atoms with Crippen molar-refractivity contribution < 1.29 is 14.7 Å². The molecule has 0 fully saturated rings. The van der Waals surface area contributed by atoms with Gasteiger partial charge in [0.1, 0.15) is 6.54 Å². The van der Waals surface area contributed by atoms with Gasteiger partial charge < -0.3 is 15.0 Å². The fraction of sp³-hybridized carbons (Fsp3) is 0.167. The molecule has 1 amide bonds. The van der Waals surface area contributed by atoms with Gasteiger partial charge in [-0.25, -0.2) is 0 Å². The fourth-order valence-electron chi connectivity index (χ4n) is 1.75. The van der Waals surface area contributed by atoms with Gasteiger partial charge in [-0.05, 0) is 23.6 Å². The van der Waals surface area contributed by atoms with Gasteiger partial charge in [0.2, 0.25) is 5.91 Å². The summed E-state index contributed by atoms with van der Waals surface area (Å²) >= 11 is 0. The molecule has 2 aromatic rings. The monoisotopic (exact) mass is 232 g/mol. The van der Waals surface area contributed by atoms with Gasteiger partial charge in [-0.15, -0.1) is 0 Å². The van der Waals surface area contributed by atoms with E-state index in [2.05, 4.69) is 5.32 Å². The Hall–Kier alpha value is -2.30. The molecule has 0 aliphatic rings. The summed E-state index contributed by atoms with van der Waals surface area (Å²) in [6, 6.07) is 7.24. The lowest BCUT2D eigenvalue weighted by Crippen LogP contribution is -2.08. The molecule has 0 saturated carbocycles. The van der Waals surface area contributed by atoms with Crippen molar-refractivity contribution in [2.45, 2.75) is 13.5 Å². The molecule has 5 nitrogen and oxygen atoms in total. The minimum atomic E-state index is -0.896. The molecule has 1 heterocycles. The molecule has 88 valence electrons. The van der Waals surface area contributed by atoms with Crippen molar-refractivity contribution in [1.82, 2.24) is 4.57 Å². The highest BCUT2D eigenvalue weighted by Crippen LogP contribution is 2.20. The summed E-state index contributed by atoms with van der Waals surface area (Å²) in [4.78, 5) is 21.6. The molecule has 0 spiro atoms. The zero-order valence-electron chi connectivity index (χ0n) is 9.30. The van der Waals surface area contributed by atoms with Gasteiger partial charge in [0.25, 0.3) is 0 Å². The number of carbonyl (C=O) groups excluding carboxylic acids is 1. The summed E-state index contributed by atoms with van der Waals surface area (Å²) in [5, 5.41) is 12.4. The number of benzene rings is 1. The second-order valence-corrected chi connectivity index (χ2v) is 3.79. The Morgan fingerprint density at radius 2 is 2.12 bits per heavy atom. The first kappa shape index (κ1) is 11.2. The Bertz CT molecular complexity index is 586. The number of nitrogens with zero attached hydrogens (tertiary/aromatic N) is 1. The van der Waals surface area contributed by atoms with Gasteiger partial charge in [0.15, 0.2) is 0 Å². The summed E-state index contributed by atoms with van der Waals surface area (Å²) in [6.45, 7) is 1.34. The predicted octanol–water partition coefficient (Wildman–Crippen LogP) is 1.68. The summed E-state index contributed by atoms with van der Waals surface area (Å²) in [5.74, 6) is -1.05. The van der Waals surface area contributed by atoms with Crippen LogP contribution in [0.4, 0.5) is 5.69 Å². The number of fused-ring (bicyclic) bond motifs is 1. The van der Waals surface area contributed by atoms with Crippen molar-refractivity contribution in [3.05, 3.63) is 30.5 Å². The molecular formula is C12H12N2O3. The van der Waals surface area contributed by atoms with E-state index in [0.717, 1.165) is 10.9 Å². The van der Waals surface area contributed by atoms with Crippen LogP contribution in [0.3, 0.4) is 0 Å². The van der Waals surface area contributed by atoms with Crippen LogP contribution in [0.1, 0.15) is 6.92 Å². The van der Waals surface area contributed by atoms with Crippen LogP contribution in [0, 0.1) is 0 Å².